The Hall–Kier alpha value is -0.950. The molecule has 0 fully saturated rings. The normalized spacial score (nSPS) is 11.7. The number of rotatable bonds is 10. The van der Waals surface area contributed by atoms with Crippen molar-refractivity contribution in [3.63, 3.8) is 0 Å². The Kier molecular flexibility index (Phi) is 7.76. The molecule has 5 nitrogen and oxygen atoms in total. The van der Waals surface area contributed by atoms with E-state index in [-0.39, 0.29) is 5.75 Å². The van der Waals surface area contributed by atoms with Gasteiger partial charge in [-0.15, -0.1) is 0 Å². The van der Waals surface area contributed by atoms with E-state index in [9.17, 15) is 8.42 Å². The van der Waals surface area contributed by atoms with E-state index in [1.54, 1.807) is 7.11 Å². The molecule has 2 N–H and O–H groups in total. The average Bonchev–Trinajstić information content (AvgIpc) is 2.38. The van der Waals surface area contributed by atoms with Gasteiger partial charge >= 0.3 is 0 Å². The van der Waals surface area contributed by atoms with E-state index in [1.807, 2.05) is 31.3 Å². The molecule has 0 spiro atoms. The summed E-state index contributed by atoms with van der Waals surface area (Å²) in [6.45, 7) is 1.86. The molecule has 1 aromatic rings. The van der Waals surface area contributed by atoms with Crippen LogP contribution in [0.2, 0.25) is 0 Å². The summed E-state index contributed by atoms with van der Waals surface area (Å²) in [6.07, 6.45) is 1.64. The van der Waals surface area contributed by atoms with Crippen LogP contribution in [-0.2, 0) is 27.1 Å². The zero-order valence-corrected chi connectivity index (χ0v) is 13.0. The highest BCUT2D eigenvalue weighted by atomic mass is 32.2. The summed E-state index contributed by atoms with van der Waals surface area (Å²) in [5.74, 6) is 0.0227. The molecule has 20 heavy (non-hydrogen) atoms. The summed E-state index contributed by atoms with van der Waals surface area (Å²) in [5.41, 5.74) is 1.89. The van der Waals surface area contributed by atoms with Crippen LogP contribution in [0.4, 0.5) is 0 Å². The molecule has 0 bridgehead atoms. The highest BCUT2D eigenvalue weighted by Crippen LogP contribution is 2.08. The average molecular weight is 300 g/mol. The maximum absolute atomic E-state index is 11.9. The molecule has 0 unspecified atom stereocenters. The molecule has 0 aliphatic rings. The topological polar surface area (TPSA) is 67.4 Å². The zero-order valence-electron chi connectivity index (χ0n) is 12.2. The van der Waals surface area contributed by atoms with Gasteiger partial charge in [0, 0.05) is 26.8 Å². The van der Waals surface area contributed by atoms with Crippen LogP contribution in [0, 0.1) is 0 Å². The van der Waals surface area contributed by atoms with Gasteiger partial charge in [0.15, 0.2) is 0 Å². The van der Waals surface area contributed by atoms with E-state index in [4.69, 9.17) is 4.74 Å². The smallest absolute Gasteiger partial charge is 0.215 e. The van der Waals surface area contributed by atoms with Gasteiger partial charge in [-0.3, -0.25) is 0 Å². The van der Waals surface area contributed by atoms with Gasteiger partial charge in [-0.05, 0) is 31.0 Å². The Labute approximate surface area is 121 Å². The van der Waals surface area contributed by atoms with Crippen LogP contribution >= 0.6 is 0 Å². The number of benzene rings is 1. The molecular formula is C14H24N2O3S. The van der Waals surface area contributed by atoms with Crippen molar-refractivity contribution < 1.29 is 13.2 Å². The van der Waals surface area contributed by atoms with E-state index in [0.717, 1.165) is 30.5 Å². The minimum absolute atomic E-state index is 0.0227. The predicted octanol–water partition coefficient (Wildman–Crippen LogP) is 1.25. The van der Waals surface area contributed by atoms with E-state index in [0.29, 0.717) is 13.2 Å². The first-order valence-electron chi connectivity index (χ1n) is 6.76. The second-order valence-corrected chi connectivity index (χ2v) is 6.51. The SMILES string of the molecule is CNCc1cccc(CS(=O)(=O)NCCCCOC)c1. The minimum Gasteiger partial charge on any atom is -0.385 e. The van der Waals surface area contributed by atoms with Gasteiger partial charge in [-0.25, -0.2) is 13.1 Å². The molecule has 0 aliphatic carbocycles. The van der Waals surface area contributed by atoms with Gasteiger partial charge in [0.1, 0.15) is 0 Å². The number of sulfonamides is 1. The van der Waals surface area contributed by atoms with Crippen LogP contribution in [0.3, 0.4) is 0 Å². The number of methoxy groups -OCH3 is 1. The molecule has 1 rings (SSSR count). The van der Waals surface area contributed by atoms with Gasteiger partial charge < -0.3 is 10.1 Å². The summed E-state index contributed by atoms with van der Waals surface area (Å²) < 4.78 is 31.4. The second kappa shape index (κ2) is 9.07. The van der Waals surface area contributed by atoms with Crippen LogP contribution in [0.25, 0.3) is 0 Å². The van der Waals surface area contributed by atoms with Crippen LogP contribution < -0.4 is 10.0 Å². The quantitative estimate of drug-likeness (QED) is 0.638. The van der Waals surface area contributed by atoms with Gasteiger partial charge in [-0.2, -0.15) is 0 Å². The Morgan fingerprint density at radius 2 is 1.95 bits per heavy atom. The lowest BCUT2D eigenvalue weighted by Gasteiger charge is -2.08. The van der Waals surface area contributed by atoms with E-state index < -0.39 is 10.0 Å². The molecule has 1 aromatic carbocycles. The molecule has 0 heterocycles. The highest BCUT2D eigenvalue weighted by Gasteiger charge is 2.10. The van der Waals surface area contributed by atoms with Crippen LogP contribution in [-0.4, -0.2) is 35.7 Å². The monoisotopic (exact) mass is 300 g/mol. The third-order valence-corrected chi connectivity index (χ3v) is 4.18. The fourth-order valence-electron chi connectivity index (χ4n) is 1.90. The molecule has 0 radical (unpaired) electrons. The summed E-state index contributed by atoms with van der Waals surface area (Å²) in [6, 6.07) is 7.62. The van der Waals surface area contributed by atoms with Gasteiger partial charge in [0.25, 0.3) is 0 Å². The third kappa shape index (κ3) is 7.00. The van der Waals surface area contributed by atoms with Crippen LogP contribution in [0.1, 0.15) is 24.0 Å². The Morgan fingerprint density at radius 1 is 1.20 bits per heavy atom. The number of nitrogens with one attached hydrogen (secondary N) is 2. The van der Waals surface area contributed by atoms with Crippen LogP contribution in [0.15, 0.2) is 24.3 Å². The molecule has 0 aliphatic heterocycles. The van der Waals surface area contributed by atoms with Crippen LogP contribution in [0.5, 0.6) is 0 Å². The summed E-state index contributed by atoms with van der Waals surface area (Å²) in [5, 5.41) is 3.05. The molecule has 0 saturated heterocycles. The molecular weight excluding hydrogens is 276 g/mol. The van der Waals surface area contributed by atoms with Gasteiger partial charge in [0.05, 0.1) is 5.75 Å². The molecule has 114 valence electrons. The Balaban J connectivity index is 2.47. The lowest BCUT2D eigenvalue weighted by atomic mass is 10.1. The van der Waals surface area contributed by atoms with Crippen molar-refractivity contribution in [2.75, 3.05) is 27.3 Å². The van der Waals surface area contributed by atoms with Crippen molar-refractivity contribution in [1.29, 1.82) is 0 Å². The molecule has 0 amide bonds. The predicted molar refractivity (Wildman–Crippen MR) is 80.9 cm³/mol. The number of hydrogen-bond donors (Lipinski definition) is 2. The first-order valence-corrected chi connectivity index (χ1v) is 8.41. The van der Waals surface area contributed by atoms with Crippen molar-refractivity contribution in [3.8, 4) is 0 Å². The van der Waals surface area contributed by atoms with Crippen molar-refractivity contribution in [2.45, 2.75) is 25.1 Å². The first kappa shape index (κ1) is 17.1. The van der Waals surface area contributed by atoms with Gasteiger partial charge in [-0.1, -0.05) is 24.3 Å². The fourth-order valence-corrected chi connectivity index (χ4v) is 3.08. The van der Waals surface area contributed by atoms with E-state index in [2.05, 4.69) is 10.0 Å². The standard InChI is InChI=1S/C14H24N2O3S/c1-15-11-13-6-5-7-14(10-13)12-20(17,18)16-8-3-4-9-19-2/h5-7,10,15-16H,3-4,8-9,11-12H2,1-2H3. The number of unbranched alkanes of at least 4 members (excludes halogenated alkanes) is 1. The fraction of sp³-hybridized carbons (Fsp3) is 0.571. The van der Waals surface area contributed by atoms with Crippen molar-refractivity contribution in [1.82, 2.24) is 10.0 Å². The largest absolute Gasteiger partial charge is 0.385 e. The number of ether oxygens (including phenoxy) is 1. The van der Waals surface area contributed by atoms with Crippen molar-refractivity contribution in [2.24, 2.45) is 0 Å². The lowest BCUT2D eigenvalue weighted by Crippen LogP contribution is -2.26. The lowest BCUT2D eigenvalue weighted by molar-refractivity contribution is 0.193. The third-order valence-electron chi connectivity index (χ3n) is 2.83. The Morgan fingerprint density at radius 3 is 2.65 bits per heavy atom. The summed E-state index contributed by atoms with van der Waals surface area (Å²) in [4.78, 5) is 0. The van der Waals surface area contributed by atoms with Crippen molar-refractivity contribution >= 4 is 10.0 Å². The van der Waals surface area contributed by atoms with Crippen molar-refractivity contribution in [3.05, 3.63) is 35.4 Å². The maximum Gasteiger partial charge on any atom is 0.215 e. The Bertz CT molecular complexity index is 489. The highest BCUT2D eigenvalue weighted by molar-refractivity contribution is 7.88. The van der Waals surface area contributed by atoms with Gasteiger partial charge in [0.2, 0.25) is 10.0 Å². The molecule has 0 aromatic heterocycles. The summed E-state index contributed by atoms with van der Waals surface area (Å²) in [7, 11) is 0.243. The molecule has 6 heteroatoms. The molecule has 0 saturated carbocycles. The first-order chi connectivity index (χ1) is 9.57. The minimum atomic E-state index is -3.26. The van der Waals surface area contributed by atoms with E-state index in [1.165, 1.54) is 0 Å². The second-order valence-electron chi connectivity index (χ2n) is 4.70. The molecule has 0 atom stereocenters. The zero-order chi connectivity index (χ0) is 14.8. The summed E-state index contributed by atoms with van der Waals surface area (Å²) >= 11 is 0. The maximum atomic E-state index is 11.9. The number of hydrogen-bond acceptors (Lipinski definition) is 4. The van der Waals surface area contributed by atoms with E-state index >= 15 is 0 Å².